The van der Waals surface area contributed by atoms with Gasteiger partial charge in [0, 0.05) is 12.2 Å². The molecule has 0 aromatic heterocycles. The molecule has 0 bridgehead atoms. The van der Waals surface area contributed by atoms with Gasteiger partial charge in [-0.1, -0.05) is 13.8 Å². The summed E-state index contributed by atoms with van der Waals surface area (Å²) in [7, 11) is 0. The third kappa shape index (κ3) is 4.18. The van der Waals surface area contributed by atoms with E-state index >= 15 is 0 Å². The molecule has 0 unspecified atom stereocenters. The zero-order valence-electron chi connectivity index (χ0n) is 16.6. The van der Waals surface area contributed by atoms with Gasteiger partial charge in [0.2, 0.25) is 0 Å². The summed E-state index contributed by atoms with van der Waals surface area (Å²) >= 11 is 0. The third-order valence-electron chi connectivity index (χ3n) is 6.57. The van der Waals surface area contributed by atoms with Gasteiger partial charge in [0.1, 0.15) is 12.2 Å². The summed E-state index contributed by atoms with van der Waals surface area (Å²) in [6.07, 6.45) is 9.80. The number of hydrogen-bond acceptors (Lipinski definition) is 6. The van der Waals surface area contributed by atoms with E-state index in [0.29, 0.717) is 24.7 Å². The van der Waals surface area contributed by atoms with Crippen LogP contribution in [0.25, 0.3) is 0 Å². The minimum absolute atomic E-state index is 0.0454. The molecule has 4 rings (SSSR count). The topological polar surface area (TPSA) is 71.1 Å². The molecule has 0 aromatic rings. The normalized spacial score (nSPS) is 44.1. The van der Waals surface area contributed by atoms with E-state index in [1.54, 1.807) is 0 Å². The fourth-order valence-electron chi connectivity index (χ4n) is 4.84. The first-order chi connectivity index (χ1) is 13.5. The van der Waals surface area contributed by atoms with E-state index in [-0.39, 0.29) is 48.2 Å². The van der Waals surface area contributed by atoms with Crippen LogP contribution in [0.3, 0.4) is 0 Å². The van der Waals surface area contributed by atoms with Gasteiger partial charge in [-0.25, -0.2) is 0 Å². The van der Waals surface area contributed by atoms with Crippen LogP contribution in [0.4, 0.5) is 0 Å². The molecule has 0 aromatic carbocycles. The van der Waals surface area contributed by atoms with Crippen molar-refractivity contribution in [2.24, 2.45) is 11.8 Å². The standard InChI is InChI=1S/C22H30O6/c1-13-3-5-17(19-11-15(23)7-9-25-19)27-21(13)22-14(2)4-6-18(28-22)20-12-16(24)8-10-26-20/h7-10,13-14,17-22H,3-6,11-12H2,1-2H3/t13-,14-,17+,18+,19+,20+,21-,22-/m0/s1. The van der Waals surface area contributed by atoms with Gasteiger partial charge in [-0.15, -0.1) is 0 Å². The first-order valence-corrected chi connectivity index (χ1v) is 10.5. The maximum atomic E-state index is 11.8. The van der Waals surface area contributed by atoms with Crippen molar-refractivity contribution >= 4 is 11.6 Å². The quantitative estimate of drug-likeness (QED) is 0.737. The minimum atomic E-state index is -0.216. The first kappa shape index (κ1) is 19.6. The lowest BCUT2D eigenvalue weighted by molar-refractivity contribution is -0.221. The molecule has 2 fully saturated rings. The summed E-state index contributed by atoms with van der Waals surface area (Å²) in [5.41, 5.74) is 0. The van der Waals surface area contributed by atoms with Gasteiger partial charge < -0.3 is 18.9 Å². The molecule has 0 aliphatic carbocycles. The van der Waals surface area contributed by atoms with Crippen molar-refractivity contribution in [2.75, 3.05) is 0 Å². The lowest BCUT2D eigenvalue weighted by atomic mass is 9.80. The zero-order chi connectivity index (χ0) is 19.7. The Balaban J connectivity index is 1.44. The van der Waals surface area contributed by atoms with E-state index in [1.807, 2.05) is 0 Å². The van der Waals surface area contributed by atoms with E-state index in [1.165, 1.54) is 24.7 Å². The average Bonchev–Trinajstić information content (AvgIpc) is 2.69. The summed E-state index contributed by atoms with van der Waals surface area (Å²) in [5, 5.41) is 0. The van der Waals surface area contributed by atoms with E-state index < -0.39 is 0 Å². The summed E-state index contributed by atoms with van der Waals surface area (Å²) < 4.78 is 24.4. The monoisotopic (exact) mass is 390 g/mol. The lowest BCUT2D eigenvalue weighted by Crippen LogP contribution is -2.53. The van der Waals surface area contributed by atoms with E-state index in [0.717, 1.165) is 25.7 Å². The predicted molar refractivity (Wildman–Crippen MR) is 101 cm³/mol. The van der Waals surface area contributed by atoms with Crippen LogP contribution in [0.1, 0.15) is 52.4 Å². The van der Waals surface area contributed by atoms with E-state index in [9.17, 15) is 9.59 Å². The van der Waals surface area contributed by atoms with Gasteiger partial charge >= 0.3 is 0 Å². The molecule has 0 N–H and O–H groups in total. The SMILES string of the molecule is C[C@H]1CC[C@H]([C@H]2CC(=O)C=CO2)O[C@@H]1[C@H]1O[C@@H]([C@H]2CC(=O)C=CO2)CC[C@@H]1C. The van der Waals surface area contributed by atoms with Crippen LogP contribution in [0.2, 0.25) is 0 Å². The number of allylic oxidation sites excluding steroid dienone is 2. The molecule has 2 saturated heterocycles. The molecule has 154 valence electrons. The highest BCUT2D eigenvalue weighted by atomic mass is 16.6. The highest BCUT2D eigenvalue weighted by molar-refractivity contribution is 5.90. The van der Waals surface area contributed by atoms with Crippen molar-refractivity contribution < 1.29 is 28.5 Å². The van der Waals surface area contributed by atoms with Crippen LogP contribution in [0, 0.1) is 11.8 Å². The minimum Gasteiger partial charge on any atom is -0.495 e. The highest BCUT2D eigenvalue weighted by Gasteiger charge is 2.45. The maximum absolute atomic E-state index is 11.8. The van der Waals surface area contributed by atoms with Gasteiger partial charge in [0.15, 0.2) is 11.6 Å². The van der Waals surface area contributed by atoms with E-state index in [2.05, 4.69) is 13.8 Å². The van der Waals surface area contributed by atoms with E-state index in [4.69, 9.17) is 18.9 Å². The number of rotatable bonds is 3. The number of ketones is 2. The molecule has 6 heteroatoms. The van der Waals surface area contributed by atoms with Crippen molar-refractivity contribution in [2.45, 2.75) is 89.0 Å². The number of carbonyl (C=O) groups is 2. The number of ether oxygens (including phenoxy) is 4. The van der Waals surface area contributed by atoms with Gasteiger partial charge in [-0.2, -0.15) is 0 Å². The summed E-state index contributed by atoms with van der Waals surface area (Å²) in [5.74, 6) is 0.909. The molecular formula is C22H30O6. The van der Waals surface area contributed by atoms with Crippen LogP contribution in [0.15, 0.2) is 24.7 Å². The summed E-state index contributed by atoms with van der Waals surface area (Å²) in [6, 6.07) is 0. The third-order valence-corrected chi connectivity index (χ3v) is 6.57. The molecule has 4 aliphatic heterocycles. The summed E-state index contributed by atoms with van der Waals surface area (Å²) in [4.78, 5) is 23.5. The Labute approximate surface area is 166 Å². The second kappa shape index (κ2) is 8.37. The number of carbonyl (C=O) groups excluding carboxylic acids is 2. The average molecular weight is 390 g/mol. The fraction of sp³-hybridized carbons (Fsp3) is 0.727. The van der Waals surface area contributed by atoms with Crippen LogP contribution in [0.5, 0.6) is 0 Å². The second-order valence-electron chi connectivity index (χ2n) is 8.68. The predicted octanol–water partition coefficient (Wildman–Crippen LogP) is 3.10. The fourth-order valence-corrected chi connectivity index (χ4v) is 4.84. The summed E-state index contributed by atoms with van der Waals surface area (Å²) in [6.45, 7) is 4.41. The molecule has 28 heavy (non-hydrogen) atoms. The molecule has 6 nitrogen and oxygen atoms in total. The van der Waals surface area contributed by atoms with Crippen LogP contribution in [-0.2, 0) is 28.5 Å². The first-order valence-electron chi connectivity index (χ1n) is 10.5. The Bertz CT molecular complexity index is 599. The largest absolute Gasteiger partial charge is 0.495 e. The molecule has 0 saturated carbocycles. The van der Waals surface area contributed by atoms with Crippen LogP contribution >= 0.6 is 0 Å². The Morgan fingerprint density at radius 1 is 0.679 bits per heavy atom. The van der Waals surface area contributed by atoms with Gasteiger partial charge in [0.05, 0.1) is 49.8 Å². The van der Waals surface area contributed by atoms with Crippen molar-refractivity contribution in [1.82, 2.24) is 0 Å². The van der Waals surface area contributed by atoms with Crippen LogP contribution in [-0.4, -0.2) is 48.2 Å². The van der Waals surface area contributed by atoms with Crippen molar-refractivity contribution in [3.8, 4) is 0 Å². The molecule has 0 radical (unpaired) electrons. The lowest BCUT2D eigenvalue weighted by Gasteiger charge is -2.47. The Kier molecular flexibility index (Phi) is 5.88. The van der Waals surface area contributed by atoms with Crippen LogP contribution < -0.4 is 0 Å². The Hall–Kier alpha value is -1.66. The molecule has 8 atom stereocenters. The molecular weight excluding hydrogens is 360 g/mol. The van der Waals surface area contributed by atoms with Gasteiger partial charge in [0.25, 0.3) is 0 Å². The zero-order valence-corrected chi connectivity index (χ0v) is 16.6. The molecule has 4 heterocycles. The molecule has 0 amide bonds. The smallest absolute Gasteiger partial charge is 0.162 e. The van der Waals surface area contributed by atoms with Crippen molar-refractivity contribution in [3.63, 3.8) is 0 Å². The molecule has 4 aliphatic rings. The Morgan fingerprint density at radius 3 is 1.50 bits per heavy atom. The maximum Gasteiger partial charge on any atom is 0.162 e. The van der Waals surface area contributed by atoms with Crippen molar-refractivity contribution in [1.29, 1.82) is 0 Å². The second-order valence-corrected chi connectivity index (χ2v) is 8.68. The van der Waals surface area contributed by atoms with Gasteiger partial charge in [-0.3, -0.25) is 9.59 Å². The van der Waals surface area contributed by atoms with Crippen molar-refractivity contribution in [3.05, 3.63) is 24.7 Å². The number of hydrogen-bond donors (Lipinski definition) is 0. The van der Waals surface area contributed by atoms with Gasteiger partial charge in [-0.05, 0) is 37.5 Å². The highest BCUT2D eigenvalue weighted by Crippen LogP contribution is 2.38. The Morgan fingerprint density at radius 2 is 1.11 bits per heavy atom. The molecule has 0 spiro atoms.